The first-order valence-electron chi connectivity index (χ1n) is 4.52. The first kappa shape index (κ1) is 12.9. The molecule has 0 aromatic carbocycles. The highest BCUT2D eigenvalue weighted by Crippen LogP contribution is 2.26. The van der Waals surface area contributed by atoms with Gasteiger partial charge in [-0.25, -0.2) is 8.42 Å². The van der Waals surface area contributed by atoms with Gasteiger partial charge in [-0.15, -0.1) is 0 Å². The van der Waals surface area contributed by atoms with Crippen LogP contribution in [0.3, 0.4) is 0 Å². The lowest BCUT2D eigenvalue weighted by Crippen LogP contribution is -2.46. The molecule has 4 heteroatoms. The van der Waals surface area contributed by atoms with Gasteiger partial charge in [-0.2, -0.15) is 0 Å². The topological polar surface area (TPSA) is 54.4 Å². The summed E-state index contributed by atoms with van der Waals surface area (Å²) >= 11 is 0. The van der Waals surface area contributed by atoms with Crippen LogP contribution < -0.4 is 0 Å². The fraction of sp³-hybridized carbons (Fsp3) is 1.00. The van der Waals surface area contributed by atoms with Crippen LogP contribution in [0.1, 0.15) is 34.1 Å². The van der Waals surface area contributed by atoms with E-state index in [4.69, 9.17) is 0 Å². The molecular formula is C9H20O3S. The molecule has 13 heavy (non-hydrogen) atoms. The van der Waals surface area contributed by atoms with Gasteiger partial charge in [-0.3, -0.25) is 0 Å². The summed E-state index contributed by atoms with van der Waals surface area (Å²) in [5, 5.41) is 9.80. The normalized spacial score (nSPS) is 18.3. The third kappa shape index (κ3) is 2.68. The van der Waals surface area contributed by atoms with E-state index in [-0.39, 0.29) is 5.92 Å². The number of hydrogen-bond donors (Lipinski definition) is 1. The summed E-state index contributed by atoms with van der Waals surface area (Å²) in [6.07, 6.45) is 1.14. The molecule has 0 aliphatic rings. The number of sulfone groups is 1. The first-order valence-corrected chi connectivity index (χ1v) is 6.41. The van der Waals surface area contributed by atoms with Crippen molar-refractivity contribution in [2.24, 2.45) is 5.92 Å². The van der Waals surface area contributed by atoms with E-state index >= 15 is 0 Å². The minimum Gasteiger partial charge on any atom is -0.391 e. The van der Waals surface area contributed by atoms with Crippen LogP contribution in [0.25, 0.3) is 0 Å². The second-order valence-electron chi connectivity index (χ2n) is 4.21. The quantitative estimate of drug-likeness (QED) is 0.755. The van der Waals surface area contributed by atoms with Crippen molar-refractivity contribution in [3.63, 3.8) is 0 Å². The molecule has 0 rings (SSSR count). The first-order chi connectivity index (χ1) is 5.64. The Labute approximate surface area is 81.1 Å². The van der Waals surface area contributed by atoms with Crippen LogP contribution in [-0.2, 0) is 9.84 Å². The summed E-state index contributed by atoms with van der Waals surface area (Å²) in [6.45, 7) is 6.93. The predicted molar refractivity (Wildman–Crippen MR) is 54.4 cm³/mol. The summed E-state index contributed by atoms with van der Waals surface area (Å²) in [5.41, 5.74) is 0. The minimum atomic E-state index is -3.21. The van der Waals surface area contributed by atoms with Gasteiger partial charge < -0.3 is 5.11 Å². The Morgan fingerprint density at radius 2 is 1.77 bits per heavy atom. The molecule has 0 saturated heterocycles. The van der Waals surface area contributed by atoms with Gasteiger partial charge in [0.2, 0.25) is 0 Å². The Hall–Kier alpha value is -0.0900. The van der Waals surface area contributed by atoms with Gasteiger partial charge in [0, 0.05) is 6.26 Å². The van der Waals surface area contributed by atoms with E-state index < -0.39 is 20.7 Å². The minimum absolute atomic E-state index is 0.00437. The van der Waals surface area contributed by atoms with Crippen molar-refractivity contribution in [2.45, 2.75) is 45.0 Å². The van der Waals surface area contributed by atoms with Crippen molar-refractivity contribution in [2.75, 3.05) is 6.26 Å². The van der Waals surface area contributed by atoms with Crippen LogP contribution in [0.15, 0.2) is 0 Å². The van der Waals surface area contributed by atoms with E-state index in [1.165, 1.54) is 6.26 Å². The lowest BCUT2D eigenvalue weighted by molar-refractivity contribution is 0.0821. The van der Waals surface area contributed by atoms with Gasteiger partial charge in [0.15, 0.2) is 9.84 Å². The smallest absolute Gasteiger partial charge is 0.155 e. The van der Waals surface area contributed by atoms with Gasteiger partial charge in [-0.1, -0.05) is 20.3 Å². The second-order valence-corrected chi connectivity index (χ2v) is 6.80. The number of aliphatic hydroxyl groups excluding tert-OH is 1. The summed E-state index contributed by atoms with van der Waals surface area (Å²) in [5.74, 6) is 0.00437. The van der Waals surface area contributed by atoms with Crippen molar-refractivity contribution in [1.82, 2.24) is 0 Å². The van der Waals surface area contributed by atoms with E-state index in [2.05, 4.69) is 0 Å². The zero-order valence-corrected chi connectivity index (χ0v) is 9.85. The van der Waals surface area contributed by atoms with E-state index in [0.29, 0.717) is 0 Å². The summed E-state index contributed by atoms with van der Waals surface area (Å²) < 4.78 is 21.7. The van der Waals surface area contributed by atoms with Crippen molar-refractivity contribution in [3.8, 4) is 0 Å². The van der Waals surface area contributed by atoms with Crippen LogP contribution in [0.4, 0.5) is 0 Å². The number of rotatable bonds is 4. The molecule has 0 bridgehead atoms. The maximum atomic E-state index is 11.4. The molecule has 0 saturated carbocycles. The molecule has 2 unspecified atom stereocenters. The van der Waals surface area contributed by atoms with Crippen molar-refractivity contribution in [1.29, 1.82) is 0 Å². The third-order valence-corrected chi connectivity index (χ3v) is 5.00. The van der Waals surface area contributed by atoms with Gasteiger partial charge in [0.25, 0.3) is 0 Å². The van der Waals surface area contributed by atoms with Gasteiger partial charge in [0.1, 0.15) is 0 Å². The van der Waals surface area contributed by atoms with E-state index in [9.17, 15) is 13.5 Å². The lowest BCUT2D eigenvalue weighted by Gasteiger charge is -2.32. The molecule has 0 aliphatic heterocycles. The molecule has 0 radical (unpaired) electrons. The highest BCUT2D eigenvalue weighted by molar-refractivity contribution is 7.92. The SMILES string of the molecule is CCC(C)C(O)C(C)(C)S(C)(=O)=O. The van der Waals surface area contributed by atoms with Gasteiger partial charge in [-0.05, 0) is 19.8 Å². The highest BCUT2D eigenvalue weighted by atomic mass is 32.2. The largest absolute Gasteiger partial charge is 0.391 e. The average molecular weight is 208 g/mol. The maximum Gasteiger partial charge on any atom is 0.155 e. The zero-order valence-electron chi connectivity index (χ0n) is 9.03. The Kier molecular flexibility index (Phi) is 3.94. The standard InChI is InChI=1S/C9H20O3S/c1-6-7(2)8(10)9(3,4)13(5,11)12/h7-8,10H,6H2,1-5H3. The van der Waals surface area contributed by atoms with Crippen LogP contribution in [0.5, 0.6) is 0 Å². The Morgan fingerprint density at radius 3 is 2.00 bits per heavy atom. The van der Waals surface area contributed by atoms with Crippen LogP contribution >= 0.6 is 0 Å². The summed E-state index contributed by atoms with van der Waals surface area (Å²) in [6, 6.07) is 0. The van der Waals surface area contributed by atoms with Gasteiger partial charge >= 0.3 is 0 Å². The Bertz CT molecular complexity index is 254. The monoisotopic (exact) mass is 208 g/mol. The predicted octanol–water partition coefficient (Wildman–Crippen LogP) is 1.22. The summed E-state index contributed by atoms with van der Waals surface area (Å²) in [7, 11) is -3.21. The van der Waals surface area contributed by atoms with Crippen LogP contribution in [0.2, 0.25) is 0 Å². The van der Waals surface area contributed by atoms with Crippen molar-refractivity contribution < 1.29 is 13.5 Å². The molecule has 0 spiro atoms. The third-order valence-electron chi connectivity index (χ3n) is 2.85. The molecule has 0 amide bonds. The molecule has 0 aromatic heterocycles. The van der Waals surface area contributed by atoms with E-state index in [1.54, 1.807) is 13.8 Å². The van der Waals surface area contributed by atoms with Crippen molar-refractivity contribution in [3.05, 3.63) is 0 Å². The molecule has 3 nitrogen and oxygen atoms in total. The molecule has 2 atom stereocenters. The van der Waals surface area contributed by atoms with Gasteiger partial charge in [0.05, 0.1) is 10.9 Å². The highest BCUT2D eigenvalue weighted by Gasteiger charge is 2.40. The molecular weight excluding hydrogens is 188 g/mol. The second kappa shape index (κ2) is 3.96. The van der Waals surface area contributed by atoms with E-state index in [1.807, 2.05) is 13.8 Å². The molecule has 0 aromatic rings. The lowest BCUT2D eigenvalue weighted by atomic mass is 9.92. The van der Waals surface area contributed by atoms with Crippen LogP contribution in [-0.4, -0.2) is 30.6 Å². The maximum absolute atomic E-state index is 11.4. The summed E-state index contributed by atoms with van der Waals surface area (Å²) in [4.78, 5) is 0. The molecule has 80 valence electrons. The molecule has 0 aliphatic carbocycles. The zero-order chi connectivity index (χ0) is 10.9. The average Bonchev–Trinajstić information content (AvgIpc) is 1.99. The van der Waals surface area contributed by atoms with E-state index in [0.717, 1.165) is 6.42 Å². The van der Waals surface area contributed by atoms with Crippen molar-refractivity contribution >= 4 is 9.84 Å². The molecule has 0 fully saturated rings. The number of hydrogen-bond acceptors (Lipinski definition) is 3. The molecule has 1 N–H and O–H groups in total. The Morgan fingerprint density at radius 1 is 1.38 bits per heavy atom. The fourth-order valence-electron chi connectivity index (χ4n) is 1.13. The van der Waals surface area contributed by atoms with Crippen LogP contribution in [0, 0.1) is 5.92 Å². The number of aliphatic hydroxyl groups is 1. The fourth-order valence-corrected chi connectivity index (χ4v) is 1.80. The Balaban J connectivity index is 4.85. The molecule has 0 heterocycles.